The van der Waals surface area contributed by atoms with E-state index in [1.165, 1.54) is 24.5 Å². The molecule has 0 amide bonds. The second-order valence-electron chi connectivity index (χ2n) is 4.68. The lowest BCUT2D eigenvalue weighted by Gasteiger charge is -2.04. The Bertz CT molecular complexity index is 826. The van der Waals surface area contributed by atoms with Crippen molar-refractivity contribution < 1.29 is 27.2 Å². The lowest BCUT2D eigenvalue weighted by atomic mass is 10.1. The van der Waals surface area contributed by atoms with Crippen LogP contribution in [0.4, 0.5) is 13.2 Å². The van der Waals surface area contributed by atoms with Gasteiger partial charge in [-0.25, -0.2) is 4.79 Å². The van der Waals surface area contributed by atoms with Gasteiger partial charge < -0.3 is 9.26 Å². The molecule has 0 aliphatic rings. The predicted molar refractivity (Wildman–Crippen MR) is 72.4 cm³/mol. The zero-order chi connectivity index (χ0) is 17.2. The Labute approximate surface area is 132 Å². The van der Waals surface area contributed by atoms with Gasteiger partial charge in [-0.1, -0.05) is 29.4 Å². The third kappa shape index (κ3) is 3.42. The average molecular weight is 338 g/mol. The van der Waals surface area contributed by atoms with Crippen molar-refractivity contribution in [3.05, 3.63) is 53.7 Å². The lowest BCUT2D eigenvalue weighted by molar-refractivity contribution is -0.159. The number of benzene rings is 1. The summed E-state index contributed by atoms with van der Waals surface area (Å²) >= 11 is 0. The summed E-state index contributed by atoms with van der Waals surface area (Å²) in [5, 5.41) is 9.42. The molecule has 0 fully saturated rings. The van der Waals surface area contributed by atoms with Gasteiger partial charge in [0.15, 0.2) is 0 Å². The van der Waals surface area contributed by atoms with Crippen molar-refractivity contribution >= 4 is 5.97 Å². The molecule has 0 saturated heterocycles. The number of carbonyl (C=O) groups excluding carboxylic acids is 1. The van der Waals surface area contributed by atoms with E-state index in [9.17, 15) is 18.0 Å². The number of hydrogen-bond donors (Lipinski definition) is 1. The molecule has 24 heavy (non-hydrogen) atoms. The number of esters is 1. The van der Waals surface area contributed by atoms with Gasteiger partial charge in [0, 0.05) is 11.8 Å². The number of H-pyrrole nitrogens is 1. The zero-order valence-electron chi connectivity index (χ0n) is 11.9. The fourth-order valence-electron chi connectivity index (χ4n) is 1.80. The van der Waals surface area contributed by atoms with Gasteiger partial charge in [0.1, 0.15) is 6.61 Å². The molecular weight excluding hydrogens is 329 g/mol. The standard InChI is InChI=1S/C14H9F3N4O3/c15-14(16,17)13-20-11(21-24-13)9-3-1-8(2-4-9)7-23-12(22)10-5-18-19-6-10/h1-6H,7H2,(H,18,19). The van der Waals surface area contributed by atoms with Gasteiger partial charge in [0.25, 0.3) is 0 Å². The Morgan fingerprint density at radius 2 is 2.00 bits per heavy atom. The fraction of sp³-hybridized carbons (Fsp3) is 0.143. The van der Waals surface area contributed by atoms with E-state index in [0.29, 0.717) is 11.1 Å². The smallest absolute Gasteiger partial charge is 0.457 e. The van der Waals surface area contributed by atoms with Crippen molar-refractivity contribution in [2.24, 2.45) is 0 Å². The van der Waals surface area contributed by atoms with E-state index < -0.39 is 18.0 Å². The highest BCUT2D eigenvalue weighted by Crippen LogP contribution is 2.29. The number of nitrogens with one attached hydrogen (secondary N) is 1. The van der Waals surface area contributed by atoms with Crippen molar-refractivity contribution in [3.8, 4) is 11.4 Å². The van der Waals surface area contributed by atoms with Crippen LogP contribution in [0, 0.1) is 0 Å². The maximum Gasteiger partial charge on any atom is 0.471 e. The molecule has 2 aromatic heterocycles. The van der Waals surface area contributed by atoms with E-state index in [1.807, 2.05) is 0 Å². The van der Waals surface area contributed by atoms with Crippen LogP contribution in [0.15, 0.2) is 41.2 Å². The van der Waals surface area contributed by atoms with Crippen LogP contribution in [0.2, 0.25) is 0 Å². The third-order valence-corrected chi connectivity index (χ3v) is 2.98. The summed E-state index contributed by atoms with van der Waals surface area (Å²) in [4.78, 5) is 14.9. The number of ether oxygens (including phenoxy) is 1. The summed E-state index contributed by atoms with van der Waals surface area (Å²) in [5.74, 6) is -2.12. The fourth-order valence-corrected chi connectivity index (χ4v) is 1.80. The first-order valence-electron chi connectivity index (χ1n) is 6.59. The molecule has 0 radical (unpaired) electrons. The quantitative estimate of drug-likeness (QED) is 0.735. The van der Waals surface area contributed by atoms with Crippen LogP contribution in [0.5, 0.6) is 0 Å². The Morgan fingerprint density at radius 3 is 2.58 bits per heavy atom. The molecule has 7 nitrogen and oxygen atoms in total. The van der Waals surface area contributed by atoms with E-state index in [1.54, 1.807) is 12.1 Å². The van der Waals surface area contributed by atoms with Crippen molar-refractivity contribution in [1.82, 2.24) is 20.3 Å². The van der Waals surface area contributed by atoms with Crippen LogP contribution in [0.25, 0.3) is 11.4 Å². The minimum absolute atomic E-state index is 0.00430. The maximum atomic E-state index is 12.4. The van der Waals surface area contributed by atoms with Gasteiger partial charge >= 0.3 is 18.0 Å². The summed E-state index contributed by atoms with van der Waals surface area (Å²) < 4.78 is 46.5. The summed E-state index contributed by atoms with van der Waals surface area (Å²) in [5.41, 5.74) is 1.28. The normalized spacial score (nSPS) is 11.5. The third-order valence-electron chi connectivity index (χ3n) is 2.98. The Kier molecular flexibility index (Phi) is 4.02. The van der Waals surface area contributed by atoms with Crippen molar-refractivity contribution in [2.75, 3.05) is 0 Å². The molecule has 3 rings (SSSR count). The van der Waals surface area contributed by atoms with E-state index in [0.717, 1.165) is 0 Å². The van der Waals surface area contributed by atoms with Gasteiger partial charge in [-0.15, -0.1) is 0 Å². The van der Waals surface area contributed by atoms with Crippen molar-refractivity contribution in [3.63, 3.8) is 0 Å². The van der Waals surface area contributed by atoms with Gasteiger partial charge in [-0.3, -0.25) is 5.10 Å². The van der Waals surface area contributed by atoms with Crippen LogP contribution < -0.4 is 0 Å². The molecule has 0 aliphatic heterocycles. The molecule has 1 N–H and O–H groups in total. The highest BCUT2D eigenvalue weighted by molar-refractivity contribution is 5.88. The number of nitrogens with zero attached hydrogens (tertiary/aromatic N) is 3. The number of alkyl halides is 3. The van der Waals surface area contributed by atoms with E-state index in [-0.39, 0.29) is 18.0 Å². The lowest BCUT2D eigenvalue weighted by Crippen LogP contribution is -2.05. The number of carbonyl (C=O) groups is 1. The second kappa shape index (κ2) is 6.14. The minimum Gasteiger partial charge on any atom is -0.457 e. The summed E-state index contributed by atoms with van der Waals surface area (Å²) in [6.45, 7) is 0.00430. The zero-order valence-corrected chi connectivity index (χ0v) is 11.9. The molecule has 2 heterocycles. The maximum absolute atomic E-state index is 12.4. The summed E-state index contributed by atoms with van der Waals surface area (Å²) in [6.07, 6.45) is -1.95. The van der Waals surface area contributed by atoms with Crippen LogP contribution in [-0.4, -0.2) is 26.3 Å². The highest BCUT2D eigenvalue weighted by Gasteiger charge is 2.38. The van der Waals surface area contributed by atoms with E-state index in [2.05, 4.69) is 24.9 Å². The van der Waals surface area contributed by atoms with Crippen LogP contribution >= 0.6 is 0 Å². The number of aromatic amines is 1. The number of halogens is 3. The van der Waals surface area contributed by atoms with E-state index in [4.69, 9.17) is 4.74 Å². The number of hydrogen-bond acceptors (Lipinski definition) is 6. The molecule has 124 valence electrons. The Morgan fingerprint density at radius 1 is 1.25 bits per heavy atom. The largest absolute Gasteiger partial charge is 0.471 e. The topological polar surface area (TPSA) is 93.9 Å². The van der Waals surface area contributed by atoms with Crippen molar-refractivity contribution in [1.29, 1.82) is 0 Å². The second-order valence-corrected chi connectivity index (χ2v) is 4.68. The van der Waals surface area contributed by atoms with Crippen LogP contribution in [0.1, 0.15) is 21.8 Å². The first-order valence-corrected chi connectivity index (χ1v) is 6.59. The van der Waals surface area contributed by atoms with Crippen LogP contribution in [-0.2, 0) is 17.5 Å². The Balaban J connectivity index is 1.65. The van der Waals surface area contributed by atoms with E-state index >= 15 is 0 Å². The summed E-state index contributed by atoms with van der Waals surface area (Å²) in [7, 11) is 0. The molecule has 0 atom stereocenters. The molecule has 10 heteroatoms. The van der Waals surface area contributed by atoms with Gasteiger partial charge in [0.2, 0.25) is 5.82 Å². The van der Waals surface area contributed by atoms with Crippen LogP contribution in [0.3, 0.4) is 0 Å². The Hall–Kier alpha value is -3.17. The first kappa shape index (κ1) is 15.7. The number of rotatable bonds is 4. The molecule has 0 aliphatic carbocycles. The molecule has 1 aromatic carbocycles. The van der Waals surface area contributed by atoms with Gasteiger partial charge in [0.05, 0.1) is 11.8 Å². The summed E-state index contributed by atoms with van der Waals surface area (Å²) in [6, 6.07) is 6.18. The minimum atomic E-state index is -4.69. The number of aromatic nitrogens is 4. The SMILES string of the molecule is O=C(OCc1ccc(-c2noc(C(F)(F)F)n2)cc1)c1cn[nH]c1. The predicted octanol–water partition coefficient (Wildman–Crippen LogP) is 2.84. The van der Waals surface area contributed by atoms with Gasteiger partial charge in [-0.2, -0.15) is 23.3 Å². The molecule has 0 spiro atoms. The molecule has 3 aromatic rings. The average Bonchev–Trinajstić information content (AvgIpc) is 3.23. The van der Waals surface area contributed by atoms with Crippen molar-refractivity contribution in [2.45, 2.75) is 12.8 Å². The van der Waals surface area contributed by atoms with Gasteiger partial charge in [-0.05, 0) is 5.56 Å². The highest BCUT2D eigenvalue weighted by atomic mass is 19.4. The molecular formula is C14H9F3N4O3. The molecule has 0 saturated carbocycles. The molecule has 0 bridgehead atoms. The monoisotopic (exact) mass is 338 g/mol. The first-order chi connectivity index (χ1) is 11.4. The molecule has 0 unspecified atom stereocenters.